The van der Waals surface area contributed by atoms with Gasteiger partial charge in [0.2, 0.25) is 5.55 Å². The predicted octanol–water partition coefficient (Wildman–Crippen LogP) is 3.00. The highest BCUT2D eigenvalue weighted by Crippen LogP contribution is 2.24. The number of para-hydroxylation sites is 2. The van der Waals surface area contributed by atoms with Crippen molar-refractivity contribution in [1.82, 2.24) is 0 Å². The third kappa shape index (κ3) is 3.17. The molecule has 2 aromatic carbocycles. The number of methoxy groups -OCH3 is 1. The van der Waals surface area contributed by atoms with E-state index in [4.69, 9.17) is 27.1 Å². The van der Waals surface area contributed by atoms with Crippen LogP contribution in [0.5, 0.6) is 5.75 Å². The third-order valence-electron chi connectivity index (χ3n) is 3.28. The van der Waals surface area contributed by atoms with Crippen molar-refractivity contribution < 1.29 is 9.15 Å². The van der Waals surface area contributed by atoms with Crippen molar-refractivity contribution in [2.24, 2.45) is 10.8 Å². The topological polar surface area (TPSA) is 72.8 Å². The number of hydrogen-bond acceptors (Lipinski definition) is 5. The van der Waals surface area contributed by atoms with E-state index in [1.807, 2.05) is 54.6 Å². The Kier molecular flexibility index (Phi) is 4.25. The number of thiocarbonyl (C=S) groups is 1. The third-order valence-corrected chi connectivity index (χ3v) is 3.50. The zero-order valence-corrected chi connectivity index (χ0v) is 13.3. The molecule has 3 aromatic rings. The van der Waals surface area contributed by atoms with Gasteiger partial charge in [0.25, 0.3) is 0 Å². The fourth-order valence-corrected chi connectivity index (χ4v) is 2.32. The van der Waals surface area contributed by atoms with Crippen LogP contribution < -0.4 is 21.5 Å². The first-order chi connectivity index (χ1) is 11.2. The summed E-state index contributed by atoms with van der Waals surface area (Å²) in [5.74, 6) is 0.619. The molecule has 0 aliphatic carbocycles. The number of ether oxygens (including phenoxy) is 1. The van der Waals surface area contributed by atoms with Crippen molar-refractivity contribution in [1.29, 1.82) is 0 Å². The van der Waals surface area contributed by atoms with Crippen LogP contribution in [-0.4, -0.2) is 12.1 Å². The number of rotatable bonds is 4. The van der Waals surface area contributed by atoms with E-state index in [2.05, 4.69) is 10.5 Å². The summed E-state index contributed by atoms with van der Waals surface area (Å²) in [7, 11) is 1.59. The quantitative estimate of drug-likeness (QED) is 0.570. The van der Waals surface area contributed by atoms with Gasteiger partial charge in [0.05, 0.1) is 18.4 Å². The van der Waals surface area contributed by atoms with Gasteiger partial charge >= 0.3 is 0 Å². The summed E-state index contributed by atoms with van der Waals surface area (Å²) in [6, 6.07) is 17.0. The summed E-state index contributed by atoms with van der Waals surface area (Å²) >= 11 is 5.10. The Hall–Kier alpha value is -2.86. The maximum Gasteiger partial charge on any atom is 0.246 e. The molecule has 1 aromatic heterocycles. The zero-order chi connectivity index (χ0) is 16.2. The Morgan fingerprint density at radius 1 is 1.17 bits per heavy atom. The molecule has 0 bridgehead atoms. The Morgan fingerprint density at radius 3 is 2.65 bits per heavy atom. The van der Waals surface area contributed by atoms with Gasteiger partial charge in [-0.05, 0) is 24.3 Å². The molecule has 3 N–H and O–H groups in total. The molecule has 0 aliphatic rings. The first kappa shape index (κ1) is 15.1. The molecule has 0 atom stereocenters. The van der Waals surface area contributed by atoms with E-state index < -0.39 is 0 Å². The fraction of sp³-hybridized carbons (Fsp3) is 0.0588. The molecule has 3 rings (SSSR count). The van der Waals surface area contributed by atoms with Gasteiger partial charge in [0.15, 0.2) is 11.3 Å². The molecule has 116 valence electrons. The molecule has 0 fully saturated rings. The summed E-state index contributed by atoms with van der Waals surface area (Å²) in [6.07, 6.45) is 0. The molecule has 0 saturated carbocycles. The molecule has 6 heteroatoms. The minimum atomic E-state index is 0.215. The van der Waals surface area contributed by atoms with Gasteiger partial charge in [-0.3, -0.25) is 5.43 Å². The van der Waals surface area contributed by atoms with Crippen LogP contribution in [0.25, 0.3) is 11.0 Å². The molecule has 5 nitrogen and oxygen atoms in total. The second kappa shape index (κ2) is 6.50. The second-order valence-corrected chi connectivity index (χ2v) is 5.24. The fourth-order valence-electron chi connectivity index (χ4n) is 2.17. The number of fused-ring (bicyclic) bond motifs is 1. The van der Waals surface area contributed by atoms with Crippen LogP contribution in [0.15, 0.2) is 64.1 Å². The molecule has 0 spiro atoms. The minimum absolute atomic E-state index is 0.215. The number of nitrogens with one attached hydrogen (secondary N) is 1. The summed E-state index contributed by atoms with van der Waals surface area (Å²) in [4.78, 5) is 0.215. The monoisotopic (exact) mass is 325 g/mol. The Bertz CT molecular complexity index is 920. The summed E-state index contributed by atoms with van der Waals surface area (Å²) in [5.41, 5.74) is 11.0. The summed E-state index contributed by atoms with van der Waals surface area (Å²) in [5, 5.41) is 5.12. The van der Waals surface area contributed by atoms with Gasteiger partial charge in [0.1, 0.15) is 4.99 Å². The number of benzene rings is 2. The lowest BCUT2D eigenvalue weighted by Gasteiger charge is -2.07. The zero-order valence-electron chi connectivity index (χ0n) is 12.4. The van der Waals surface area contributed by atoms with E-state index in [0.717, 1.165) is 11.1 Å². The van der Waals surface area contributed by atoms with Crippen molar-refractivity contribution in [2.75, 3.05) is 12.5 Å². The van der Waals surface area contributed by atoms with Crippen LogP contribution in [0.1, 0.15) is 5.56 Å². The smallest absolute Gasteiger partial charge is 0.246 e. The van der Waals surface area contributed by atoms with E-state index in [1.165, 1.54) is 0 Å². The molecule has 0 unspecified atom stereocenters. The minimum Gasteiger partial charge on any atom is -0.493 e. The van der Waals surface area contributed by atoms with E-state index in [9.17, 15) is 0 Å². The van der Waals surface area contributed by atoms with E-state index in [-0.39, 0.29) is 4.99 Å². The molecule has 23 heavy (non-hydrogen) atoms. The van der Waals surface area contributed by atoms with Crippen LogP contribution in [0.4, 0.5) is 5.69 Å². The Labute approximate surface area is 138 Å². The number of anilines is 1. The highest BCUT2D eigenvalue weighted by molar-refractivity contribution is 7.80. The van der Waals surface area contributed by atoms with Gasteiger partial charge in [-0.1, -0.05) is 42.5 Å². The van der Waals surface area contributed by atoms with E-state index in [1.54, 1.807) is 7.11 Å². The van der Waals surface area contributed by atoms with Gasteiger partial charge in [-0.25, -0.2) is 0 Å². The van der Waals surface area contributed by atoms with Crippen LogP contribution in [0.2, 0.25) is 0 Å². The molecular formula is C17H15N3O2S. The van der Waals surface area contributed by atoms with Gasteiger partial charge in [0, 0.05) is 5.39 Å². The molecule has 0 saturated heterocycles. The Morgan fingerprint density at radius 2 is 1.96 bits per heavy atom. The van der Waals surface area contributed by atoms with E-state index in [0.29, 0.717) is 22.5 Å². The summed E-state index contributed by atoms with van der Waals surface area (Å²) < 4.78 is 11.2. The Balaban J connectivity index is 2.17. The predicted molar refractivity (Wildman–Crippen MR) is 94.3 cm³/mol. The molecule has 0 amide bonds. The average molecular weight is 325 g/mol. The van der Waals surface area contributed by atoms with Crippen LogP contribution >= 0.6 is 12.2 Å². The van der Waals surface area contributed by atoms with Crippen molar-refractivity contribution in [3.05, 3.63) is 65.7 Å². The van der Waals surface area contributed by atoms with Gasteiger partial charge < -0.3 is 14.9 Å². The second-order valence-electron chi connectivity index (χ2n) is 4.80. The lowest BCUT2D eigenvalue weighted by atomic mass is 10.1. The van der Waals surface area contributed by atoms with Crippen LogP contribution in [-0.2, 0) is 0 Å². The molecule has 1 heterocycles. The first-order valence-corrected chi connectivity index (χ1v) is 7.35. The number of nitrogens with zero attached hydrogens (tertiary/aromatic N) is 1. The van der Waals surface area contributed by atoms with Crippen molar-refractivity contribution in [2.45, 2.75) is 0 Å². The number of nitrogens with two attached hydrogens (primary N) is 1. The number of hydrogen-bond donors (Lipinski definition) is 2. The lowest BCUT2D eigenvalue weighted by Crippen LogP contribution is -2.22. The molecular weight excluding hydrogens is 310 g/mol. The first-order valence-electron chi connectivity index (χ1n) is 6.94. The summed E-state index contributed by atoms with van der Waals surface area (Å²) in [6.45, 7) is 0. The van der Waals surface area contributed by atoms with E-state index >= 15 is 0 Å². The van der Waals surface area contributed by atoms with Gasteiger partial charge in [-0.15, -0.1) is 5.10 Å². The SMILES string of the molecule is COc1cccc2cc(C(N)=S)/c(=N\Nc3ccccc3)oc12. The van der Waals surface area contributed by atoms with Crippen molar-refractivity contribution in [3.8, 4) is 5.75 Å². The van der Waals surface area contributed by atoms with Crippen molar-refractivity contribution >= 4 is 33.9 Å². The average Bonchev–Trinajstić information content (AvgIpc) is 2.59. The normalized spacial score (nSPS) is 11.4. The van der Waals surface area contributed by atoms with Crippen LogP contribution in [0.3, 0.4) is 0 Å². The largest absolute Gasteiger partial charge is 0.493 e. The highest BCUT2D eigenvalue weighted by Gasteiger charge is 2.10. The van der Waals surface area contributed by atoms with Crippen molar-refractivity contribution in [3.63, 3.8) is 0 Å². The molecule has 0 aliphatic heterocycles. The molecule has 0 radical (unpaired) electrons. The maximum absolute atomic E-state index is 5.88. The standard InChI is InChI=1S/C17H15N3O2S/c1-21-14-9-5-6-11-10-13(16(18)23)17(22-15(11)14)20-19-12-7-3-2-4-8-12/h2-10,19H,1H3,(H2,18,23)/b20-17+. The maximum atomic E-state index is 5.88. The van der Waals surface area contributed by atoms with Gasteiger partial charge in [-0.2, -0.15) is 0 Å². The van der Waals surface area contributed by atoms with Crippen LogP contribution in [0, 0.1) is 0 Å². The lowest BCUT2D eigenvalue weighted by molar-refractivity contribution is 0.405. The highest BCUT2D eigenvalue weighted by atomic mass is 32.1.